The van der Waals surface area contributed by atoms with E-state index in [-0.39, 0.29) is 6.04 Å². The lowest BCUT2D eigenvalue weighted by Gasteiger charge is -2.18. The summed E-state index contributed by atoms with van der Waals surface area (Å²) in [6.07, 6.45) is 5.47. The number of benzene rings is 1. The molecule has 1 unspecified atom stereocenters. The van der Waals surface area contributed by atoms with Crippen LogP contribution in [0, 0.1) is 0 Å². The minimum absolute atomic E-state index is 0.173. The summed E-state index contributed by atoms with van der Waals surface area (Å²) < 4.78 is 0. The Morgan fingerprint density at radius 3 is 2.47 bits per heavy atom. The average Bonchev–Trinajstić information content (AvgIpc) is 2.80. The van der Waals surface area contributed by atoms with Crippen molar-refractivity contribution in [1.82, 2.24) is 4.90 Å². The highest BCUT2D eigenvalue weighted by atomic mass is 15.1. The van der Waals surface area contributed by atoms with Gasteiger partial charge in [-0.05, 0) is 12.0 Å². The van der Waals surface area contributed by atoms with Crippen LogP contribution in [-0.4, -0.2) is 24.5 Å². The van der Waals surface area contributed by atoms with Crippen molar-refractivity contribution in [1.29, 1.82) is 0 Å². The molecule has 15 heavy (non-hydrogen) atoms. The Kier molecular flexibility index (Phi) is 3.54. The second kappa shape index (κ2) is 5.10. The molecule has 1 aromatic carbocycles. The fourth-order valence-electron chi connectivity index (χ4n) is 1.89. The highest BCUT2D eigenvalue weighted by molar-refractivity contribution is 5.18. The van der Waals surface area contributed by atoms with Gasteiger partial charge in [-0.15, -0.1) is 0 Å². The van der Waals surface area contributed by atoms with E-state index in [0.29, 0.717) is 0 Å². The van der Waals surface area contributed by atoms with Crippen molar-refractivity contribution in [2.45, 2.75) is 12.5 Å². The first-order valence-electron chi connectivity index (χ1n) is 5.54. The zero-order valence-corrected chi connectivity index (χ0v) is 8.97. The quantitative estimate of drug-likeness (QED) is 0.756. The first kappa shape index (κ1) is 10.4. The van der Waals surface area contributed by atoms with Crippen LogP contribution in [0.2, 0.25) is 0 Å². The van der Waals surface area contributed by atoms with Gasteiger partial charge in [0.1, 0.15) is 0 Å². The third kappa shape index (κ3) is 2.91. The first-order valence-corrected chi connectivity index (χ1v) is 5.54. The summed E-state index contributed by atoms with van der Waals surface area (Å²) in [5.74, 6) is 0. The SMILES string of the molecule is NC(CCN1CC=CC1)c1ccccc1. The lowest BCUT2D eigenvalue weighted by atomic mass is 10.0. The van der Waals surface area contributed by atoms with Crippen LogP contribution in [0.4, 0.5) is 0 Å². The van der Waals surface area contributed by atoms with E-state index in [9.17, 15) is 0 Å². The van der Waals surface area contributed by atoms with Gasteiger partial charge in [0, 0.05) is 25.7 Å². The van der Waals surface area contributed by atoms with Gasteiger partial charge in [-0.25, -0.2) is 0 Å². The highest BCUT2D eigenvalue weighted by Gasteiger charge is 2.09. The van der Waals surface area contributed by atoms with Crippen LogP contribution in [0.25, 0.3) is 0 Å². The summed E-state index contributed by atoms with van der Waals surface area (Å²) >= 11 is 0. The molecule has 2 nitrogen and oxygen atoms in total. The molecule has 1 aliphatic rings. The van der Waals surface area contributed by atoms with Crippen molar-refractivity contribution in [3.8, 4) is 0 Å². The summed E-state index contributed by atoms with van der Waals surface area (Å²) in [6, 6.07) is 10.5. The van der Waals surface area contributed by atoms with E-state index in [4.69, 9.17) is 5.73 Å². The van der Waals surface area contributed by atoms with Crippen LogP contribution in [0.5, 0.6) is 0 Å². The van der Waals surface area contributed by atoms with Crippen molar-refractivity contribution in [2.75, 3.05) is 19.6 Å². The van der Waals surface area contributed by atoms with Crippen molar-refractivity contribution >= 4 is 0 Å². The molecule has 80 valence electrons. The van der Waals surface area contributed by atoms with E-state index in [1.807, 2.05) is 18.2 Å². The second-order valence-electron chi connectivity index (χ2n) is 4.04. The molecule has 1 heterocycles. The zero-order valence-electron chi connectivity index (χ0n) is 8.97. The molecule has 1 aromatic rings. The maximum Gasteiger partial charge on any atom is 0.0307 e. The van der Waals surface area contributed by atoms with Crippen LogP contribution in [-0.2, 0) is 0 Å². The number of hydrogen-bond acceptors (Lipinski definition) is 2. The van der Waals surface area contributed by atoms with Crippen LogP contribution in [0.3, 0.4) is 0 Å². The number of nitrogens with zero attached hydrogens (tertiary/aromatic N) is 1. The van der Waals surface area contributed by atoms with Gasteiger partial charge in [0.05, 0.1) is 0 Å². The smallest absolute Gasteiger partial charge is 0.0307 e. The minimum atomic E-state index is 0.173. The standard InChI is InChI=1S/C13H18N2/c14-13(12-6-2-1-3-7-12)8-11-15-9-4-5-10-15/h1-7,13H,8-11,14H2. The molecule has 0 saturated carbocycles. The minimum Gasteiger partial charge on any atom is -0.324 e. The average molecular weight is 202 g/mol. The van der Waals surface area contributed by atoms with Crippen LogP contribution in [0.15, 0.2) is 42.5 Å². The Morgan fingerprint density at radius 2 is 1.80 bits per heavy atom. The highest BCUT2D eigenvalue weighted by Crippen LogP contribution is 2.14. The summed E-state index contributed by atoms with van der Waals surface area (Å²) in [5, 5.41) is 0. The zero-order chi connectivity index (χ0) is 10.5. The van der Waals surface area contributed by atoms with Crippen LogP contribution in [0.1, 0.15) is 18.0 Å². The van der Waals surface area contributed by atoms with Crippen LogP contribution < -0.4 is 5.73 Å². The fourth-order valence-corrected chi connectivity index (χ4v) is 1.89. The van der Waals surface area contributed by atoms with Gasteiger partial charge in [-0.3, -0.25) is 4.90 Å². The summed E-state index contributed by atoms with van der Waals surface area (Å²) in [4.78, 5) is 2.41. The number of hydrogen-bond donors (Lipinski definition) is 1. The van der Waals surface area contributed by atoms with Crippen LogP contribution >= 0.6 is 0 Å². The predicted molar refractivity (Wildman–Crippen MR) is 63.6 cm³/mol. The molecule has 0 saturated heterocycles. The van der Waals surface area contributed by atoms with E-state index in [1.54, 1.807) is 0 Å². The molecule has 1 atom stereocenters. The maximum absolute atomic E-state index is 6.13. The monoisotopic (exact) mass is 202 g/mol. The molecular formula is C13H18N2. The van der Waals surface area contributed by atoms with E-state index in [1.165, 1.54) is 5.56 Å². The molecule has 2 heteroatoms. The topological polar surface area (TPSA) is 29.3 Å². The number of nitrogens with two attached hydrogens (primary N) is 1. The van der Waals surface area contributed by atoms with E-state index in [0.717, 1.165) is 26.1 Å². The molecule has 0 radical (unpaired) electrons. The van der Waals surface area contributed by atoms with Crippen molar-refractivity contribution in [3.05, 3.63) is 48.0 Å². The molecule has 0 amide bonds. The van der Waals surface area contributed by atoms with Gasteiger partial charge in [-0.1, -0.05) is 42.5 Å². The van der Waals surface area contributed by atoms with E-state index in [2.05, 4.69) is 29.2 Å². The van der Waals surface area contributed by atoms with Crippen molar-refractivity contribution in [3.63, 3.8) is 0 Å². The van der Waals surface area contributed by atoms with Gasteiger partial charge in [0.25, 0.3) is 0 Å². The lowest BCUT2D eigenvalue weighted by molar-refractivity contribution is 0.334. The second-order valence-corrected chi connectivity index (χ2v) is 4.04. The molecule has 0 aromatic heterocycles. The third-order valence-corrected chi connectivity index (χ3v) is 2.88. The normalized spacial score (nSPS) is 18.2. The molecule has 0 spiro atoms. The van der Waals surface area contributed by atoms with Gasteiger partial charge < -0.3 is 5.73 Å². The molecule has 0 fully saturated rings. The van der Waals surface area contributed by atoms with E-state index < -0.39 is 0 Å². The first-order chi connectivity index (χ1) is 7.36. The molecule has 2 N–H and O–H groups in total. The maximum atomic E-state index is 6.13. The Bertz CT molecular complexity index is 311. The van der Waals surface area contributed by atoms with Crippen molar-refractivity contribution < 1.29 is 0 Å². The molecule has 1 aliphatic heterocycles. The van der Waals surface area contributed by atoms with Gasteiger partial charge in [0.15, 0.2) is 0 Å². The largest absolute Gasteiger partial charge is 0.324 e. The Hall–Kier alpha value is -1.12. The Labute approximate surface area is 91.4 Å². The molecule has 0 bridgehead atoms. The van der Waals surface area contributed by atoms with Crippen molar-refractivity contribution in [2.24, 2.45) is 5.73 Å². The predicted octanol–water partition coefficient (Wildman–Crippen LogP) is 1.95. The molecule has 2 rings (SSSR count). The molecule has 0 aliphatic carbocycles. The summed E-state index contributed by atoms with van der Waals surface area (Å²) in [6.45, 7) is 3.26. The van der Waals surface area contributed by atoms with Gasteiger partial charge >= 0.3 is 0 Å². The summed E-state index contributed by atoms with van der Waals surface area (Å²) in [7, 11) is 0. The Balaban J connectivity index is 1.79. The summed E-state index contributed by atoms with van der Waals surface area (Å²) in [5.41, 5.74) is 7.37. The molecular weight excluding hydrogens is 184 g/mol. The van der Waals surface area contributed by atoms with E-state index >= 15 is 0 Å². The van der Waals surface area contributed by atoms with Gasteiger partial charge in [-0.2, -0.15) is 0 Å². The number of rotatable bonds is 4. The fraction of sp³-hybridized carbons (Fsp3) is 0.385. The Morgan fingerprint density at radius 1 is 1.13 bits per heavy atom. The lowest BCUT2D eigenvalue weighted by Crippen LogP contribution is -2.24. The third-order valence-electron chi connectivity index (χ3n) is 2.88. The van der Waals surface area contributed by atoms with Gasteiger partial charge in [0.2, 0.25) is 0 Å².